The lowest BCUT2D eigenvalue weighted by atomic mass is 10.1. The largest absolute Gasteiger partial charge is 0.376 e. The van der Waals surface area contributed by atoms with Gasteiger partial charge < -0.3 is 10.1 Å². The number of hydrogen-bond donors (Lipinski definition) is 1. The van der Waals surface area contributed by atoms with Gasteiger partial charge in [-0.25, -0.2) is 9.97 Å². The van der Waals surface area contributed by atoms with Gasteiger partial charge in [0.15, 0.2) is 5.82 Å². The average molecular weight is 289 g/mol. The van der Waals surface area contributed by atoms with Crippen molar-refractivity contribution in [1.82, 2.24) is 9.97 Å². The summed E-state index contributed by atoms with van der Waals surface area (Å²) < 4.78 is 5.55. The molecule has 0 amide bonds. The Kier molecular flexibility index (Phi) is 3.98. The monoisotopic (exact) mass is 289 g/mol. The van der Waals surface area contributed by atoms with Crippen molar-refractivity contribution in [3.05, 3.63) is 27.6 Å². The topological polar surface area (TPSA) is 47.0 Å². The average Bonchev–Trinajstić information content (AvgIpc) is 2.90. The number of hydrogen-bond acceptors (Lipinski definition) is 5. The molecular weight excluding hydrogens is 270 g/mol. The van der Waals surface area contributed by atoms with Crippen LogP contribution in [0, 0.1) is 6.92 Å². The number of rotatable bonds is 4. The molecule has 20 heavy (non-hydrogen) atoms. The van der Waals surface area contributed by atoms with Crippen LogP contribution in [0.1, 0.15) is 30.2 Å². The van der Waals surface area contributed by atoms with Gasteiger partial charge in [0.25, 0.3) is 0 Å². The van der Waals surface area contributed by atoms with Crippen LogP contribution in [0.3, 0.4) is 0 Å². The Labute approximate surface area is 123 Å². The van der Waals surface area contributed by atoms with Crippen molar-refractivity contribution in [2.24, 2.45) is 0 Å². The fourth-order valence-electron chi connectivity index (χ4n) is 2.33. The number of nitrogens with one attached hydrogen (secondary N) is 1. The molecule has 1 N–H and O–H groups in total. The first-order chi connectivity index (χ1) is 9.79. The molecular formula is C15H19N3OS. The molecule has 3 rings (SSSR count). The molecule has 2 aromatic rings. The van der Waals surface area contributed by atoms with Crippen molar-refractivity contribution in [3.63, 3.8) is 0 Å². The van der Waals surface area contributed by atoms with Crippen LogP contribution in [-0.4, -0.2) is 23.1 Å². The van der Waals surface area contributed by atoms with Gasteiger partial charge in [-0.3, -0.25) is 0 Å². The Morgan fingerprint density at radius 3 is 3.00 bits per heavy atom. The van der Waals surface area contributed by atoms with Crippen LogP contribution < -0.4 is 5.32 Å². The van der Waals surface area contributed by atoms with Crippen LogP contribution in [0.4, 0.5) is 5.82 Å². The fourth-order valence-corrected chi connectivity index (χ4v) is 3.16. The van der Waals surface area contributed by atoms with Crippen molar-refractivity contribution in [1.29, 1.82) is 0 Å². The third kappa shape index (κ3) is 2.55. The first-order valence-corrected chi connectivity index (χ1v) is 7.98. The molecule has 1 aliphatic rings. The van der Waals surface area contributed by atoms with E-state index >= 15 is 0 Å². The lowest BCUT2D eigenvalue weighted by Gasteiger charge is -2.20. The zero-order valence-corrected chi connectivity index (χ0v) is 12.7. The van der Waals surface area contributed by atoms with Crippen LogP contribution in [0.15, 0.2) is 10.8 Å². The van der Waals surface area contributed by atoms with E-state index in [-0.39, 0.29) is 0 Å². The number of thiophene rings is 1. The number of nitrogens with zero attached hydrogens (tertiary/aromatic N) is 2. The molecule has 0 unspecified atom stereocenters. The standard InChI is InChI=1S/C15H19N3OS/c1-3-5-16-14-11-7-19-6-4-13(11)17-15(18-14)12-9-20-8-10(12)2/h8-9H,3-7H2,1-2H3,(H,16,17,18). The van der Waals surface area contributed by atoms with E-state index in [2.05, 4.69) is 29.9 Å². The zero-order chi connectivity index (χ0) is 13.9. The van der Waals surface area contributed by atoms with Gasteiger partial charge in [-0.2, -0.15) is 11.3 Å². The molecule has 5 heteroatoms. The molecule has 1 aliphatic heterocycles. The third-order valence-electron chi connectivity index (χ3n) is 3.46. The number of aromatic nitrogens is 2. The number of anilines is 1. The van der Waals surface area contributed by atoms with Gasteiger partial charge in [0.05, 0.1) is 18.9 Å². The minimum absolute atomic E-state index is 0.615. The second-order valence-electron chi connectivity index (χ2n) is 5.02. The molecule has 106 valence electrons. The molecule has 0 aromatic carbocycles. The maximum Gasteiger partial charge on any atom is 0.162 e. The molecule has 4 nitrogen and oxygen atoms in total. The molecule has 0 bridgehead atoms. The van der Waals surface area contributed by atoms with Gasteiger partial charge >= 0.3 is 0 Å². The maximum atomic E-state index is 5.55. The molecule has 0 radical (unpaired) electrons. The summed E-state index contributed by atoms with van der Waals surface area (Å²) >= 11 is 1.70. The molecule has 0 spiro atoms. The molecule has 3 heterocycles. The lowest BCUT2D eigenvalue weighted by molar-refractivity contribution is 0.109. The van der Waals surface area contributed by atoms with Gasteiger partial charge in [0, 0.05) is 29.5 Å². The summed E-state index contributed by atoms with van der Waals surface area (Å²) in [5, 5.41) is 7.68. The van der Waals surface area contributed by atoms with Crippen molar-refractivity contribution in [2.75, 3.05) is 18.5 Å². The predicted octanol–water partition coefficient (Wildman–Crippen LogP) is 3.41. The Bertz CT molecular complexity index is 609. The van der Waals surface area contributed by atoms with Crippen molar-refractivity contribution >= 4 is 17.2 Å². The molecule has 0 fully saturated rings. The Hall–Kier alpha value is -1.46. The van der Waals surface area contributed by atoms with E-state index in [4.69, 9.17) is 14.7 Å². The van der Waals surface area contributed by atoms with E-state index in [0.717, 1.165) is 54.5 Å². The van der Waals surface area contributed by atoms with Crippen molar-refractivity contribution in [2.45, 2.75) is 33.3 Å². The molecule has 0 saturated heterocycles. The van der Waals surface area contributed by atoms with Gasteiger partial charge in [-0.15, -0.1) is 0 Å². The Balaban J connectivity index is 2.05. The van der Waals surface area contributed by atoms with Crippen molar-refractivity contribution in [3.8, 4) is 11.4 Å². The predicted molar refractivity (Wildman–Crippen MR) is 82.2 cm³/mol. The van der Waals surface area contributed by atoms with E-state index < -0.39 is 0 Å². The summed E-state index contributed by atoms with van der Waals surface area (Å²) in [7, 11) is 0. The molecule has 2 aromatic heterocycles. The van der Waals surface area contributed by atoms with Crippen LogP contribution in [0.2, 0.25) is 0 Å². The van der Waals surface area contributed by atoms with Gasteiger partial charge in [0.2, 0.25) is 0 Å². The summed E-state index contributed by atoms with van der Waals surface area (Å²) in [5.41, 5.74) is 4.64. The van der Waals surface area contributed by atoms with E-state index in [9.17, 15) is 0 Å². The van der Waals surface area contributed by atoms with Crippen LogP contribution in [0.25, 0.3) is 11.4 Å². The van der Waals surface area contributed by atoms with E-state index in [0.29, 0.717) is 6.61 Å². The van der Waals surface area contributed by atoms with Crippen LogP contribution in [-0.2, 0) is 17.8 Å². The SMILES string of the molecule is CCCNc1nc(-c2cscc2C)nc2c1COCC2. The van der Waals surface area contributed by atoms with Gasteiger partial charge in [-0.05, 0) is 24.3 Å². The van der Waals surface area contributed by atoms with Crippen LogP contribution in [0.5, 0.6) is 0 Å². The highest BCUT2D eigenvalue weighted by Crippen LogP contribution is 2.29. The fraction of sp³-hybridized carbons (Fsp3) is 0.467. The second kappa shape index (κ2) is 5.89. The summed E-state index contributed by atoms with van der Waals surface area (Å²) in [6.07, 6.45) is 1.95. The zero-order valence-electron chi connectivity index (χ0n) is 11.9. The van der Waals surface area contributed by atoms with Gasteiger partial charge in [-0.1, -0.05) is 6.92 Å². The molecule has 0 saturated carbocycles. The minimum Gasteiger partial charge on any atom is -0.376 e. The first-order valence-electron chi connectivity index (χ1n) is 7.04. The molecule has 0 atom stereocenters. The van der Waals surface area contributed by atoms with E-state index in [1.54, 1.807) is 11.3 Å². The summed E-state index contributed by atoms with van der Waals surface area (Å²) in [6, 6.07) is 0. The highest BCUT2D eigenvalue weighted by molar-refractivity contribution is 7.08. The lowest BCUT2D eigenvalue weighted by Crippen LogP contribution is -2.17. The number of fused-ring (bicyclic) bond motifs is 1. The van der Waals surface area contributed by atoms with Crippen molar-refractivity contribution < 1.29 is 4.74 Å². The quantitative estimate of drug-likeness (QED) is 0.937. The van der Waals surface area contributed by atoms with Gasteiger partial charge in [0.1, 0.15) is 5.82 Å². The maximum absolute atomic E-state index is 5.55. The summed E-state index contributed by atoms with van der Waals surface area (Å²) in [4.78, 5) is 9.49. The number of ether oxygens (including phenoxy) is 1. The highest BCUT2D eigenvalue weighted by Gasteiger charge is 2.19. The van der Waals surface area contributed by atoms with E-state index in [1.165, 1.54) is 5.56 Å². The van der Waals surface area contributed by atoms with E-state index in [1.807, 2.05) is 0 Å². The Morgan fingerprint density at radius 2 is 2.25 bits per heavy atom. The summed E-state index contributed by atoms with van der Waals surface area (Å²) in [5.74, 6) is 1.78. The van der Waals surface area contributed by atoms with Crippen LogP contribution >= 0.6 is 11.3 Å². The highest BCUT2D eigenvalue weighted by atomic mass is 32.1. The molecule has 0 aliphatic carbocycles. The number of aryl methyl sites for hydroxylation is 1. The first kappa shape index (κ1) is 13.5. The second-order valence-corrected chi connectivity index (χ2v) is 5.76. The summed E-state index contributed by atoms with van der Waals surface area (Å²) in [6.45, 7) is 6.55. The smallest absolute Gasteiger partial charge is 0.162 e. The normalized spacial score (nSPS) is 14.1. The minimum atomic E-state index is 0.615. The third-order valence-corrected chi connectivity index (χ3v) is 4.32. The Morgan fingerprint density at radius 1 is 1.35 bits per heavy atom.